The van der Waals surface area contributed by atoms with Crippen molar-refractivity contribution in [3.63, 3.8) is 0 Å². The Labute approximate surface area is 342 Å². The largest absolute Gasteiger partial charge is 0.455 e. The van der Waals surface area contributed by atoms with E-state index in [2.05, 4.69) is 158 Å². The van der Waals surface area contributed by atoms with Crippen molar-refractivity contribution in [2.75, 3.05) is 0 Å². The maximum Gasteiger partial charge on any atom is 0.212 e. The fourth-order valence-corrected chi connectivity index (χ4v) is 9.98. The van der Waals surface area contributed by atoms with E-state index in [9.17, 15) is 5.26 Å². The third-order valence-corrected chi connectivity index (χ3v) is 12.5. The molecule has 4 heterocycles. The van der Waals surface area contributed by atoms with Crippen LogP contribution >= 0.6 is 0 Å². The van der Waals surface area contributed by atoms with Crippen LogP contribution in [-0.2, 0) is 0 Å². The van der Waals surface area contributed by atoms with Crippen LogP contribution in [0, 0.1) is 17.9 Å². The van der Waals surface area contributed by atoms with Gasteiger partial charge in [0.15, 0.2) is 0 Å². The van der Waals surface area contributed by atoms with E-state index >= 15 is 0 Å². The molecule has 0 aliphatic heterocycles. The average molecular weight is 764 g/mol. The predicted octanol–water partition coefficient (Wildman–Crippen LogP) is 14.5. The lowest BCUT2D eigenvalue weighted by Crippen LogP contribution is -2.01. The number of hydrogen-bond acceptors (Lipinski definition) is 2. The van der Waals surface area contributed by atoms with Crippen molar-refractivity contribution in [2.24, 2.45) is 0 Å². The number of benzene rings is 9. The van der Waals surface area contributed by atoms with E-state index in [1.165, 1.54) is 10.8 Å². The first-order valence-electron chi connectivity index (χ1n) is 19.9. The maximum absolute atomic E-state index is 11.0. The number of rotatable bonds is 3. The summed E-state index contributed by atoms with van der Waals surface area (Å²) in [4.78, 5) is 4.20. The Bertz CT molecular complexity index is 4050. The second-order valence-corrected chi connectivity index (χ2v) is 15.5. The Morgan fingerprint density at radius 3 is 1.78 bits per heavy atom. The molecule has 6 heteroatoms. The number of para-hydroxylation sites is 4. The molecule has 13 aromatic rings. The summed E-state index contributed by atoms with van der Waals surface area (Å²) in [7, 11) is 0. The second-order valence-electron chi connectivity index (χ2n) is 15.5. The van der Waals surface area contributed by atoms with Crippen LogP contribution in [0.4, 0.5) is 5.69 Å². The zero-order valence-electron chi connectivity index (χ0n) is 31.9. The lowest BCUT2D eigenvalue weighted by molar-refractivity contribution is 0.673. The van der Waals surface area contributed by atoms with Gasteiger partial charge in [0.2, 0.25) is 5.69 Å². The first-order valence-corrected chi connectivity index (χ1v) is 19.9. The van der Waals surface area contributed by atoms with Gasteiger partial charge in [-0.2, -0.15) is 5.26 Å². The van der Waals surface area contributed by atoms with Gasteiger partial charge in [0.1, 0.15) is 17.2 Å². The van der Waals surface area contributed by atoms with Gasteiger partial charge < -0.3 is 18.1 Å². The van der Waals surface area contributed by atoms with Crippen LogP contribution < -0.4 is 0 Å². The Kier molecular flexibility index (Phi) is 6.48. The first-order chi connectivity index (χ1) is 29.7. The zero-order chi connectivity index (χ0) is 39.6. The van der Waals surface area contributed by atoms with E-state index in [0.717, 1.165) is 93.0 Å². The van der Waals surface area contributed by atoms with Crippen LogP contribution in [-0.4, -0.2) is 13.7 Å². The van der Waals surface area contributed by atoms with Crippen molar-refractivity contribution in [2.45, 2.75) is 0 Å². The molecule has 0 unspecified atom stereocenters. The van der Waals surface area contributed by atoms with Crippen molar-refractivity contribution in [3.8, 4) is 23.1 Å². The van der Waals surface area contributed by atoms with Gasteiger partial charge in [0.25, 0.3) is 0 Å². The highest BCUT2D eigenvalue weighted by Crippen LogP contribution is 2.45. The molecule has 13 rings (SSSR count). The topological polar surface area (TPSA) is 56.1 Å². The monoisotopic (exact) mass is 763 g/mol. The smallest absolute Gasteiger partial charge is 0.212 e. The lowest BCUT2D eigenvalue weighted by Gasteiger charge is -2.16. The summed E-state index contributed by atoms with van der Waals surface area (Å²) in [5.41, 5.74) is 10.9. The van der Waals surface area contributed by atoms with Crippen LogP contribution in [0.25, 0.3) is 120 Å². The summed E-state index contributed by atoms with van der Waals surface area (Å²) in [6.45, 7) is 8.66. The molecule has 0 aliphatic carbocycles. The number of furan rings is 1. The number of hydrogen-bond donors (Lipinski definition) is 0. The van der Waals surface area contributed by atoms with Crippen molar-refractivity contribution in [1.29, 1.82) is 5.26 Å². The van der Waals surface area contributed by atoms with Gasteiger partial charge in [0.05, 0.1) is 62.0 Å². The fraction of sp³-hybridized carbons (Fsp3) is 0. The molecule has 0 saturated carbocycles. The summed E-state index contributed by atoms with van der Waals surface area (Å²) < 4.78 is 13.2. The summed E-state index contributed by atoms with van der Waals surface area (Å²) in [6, 6.07) is 63.4. The van der Waals surface area contributed by atoms with Gasteiger partial charge >= 0.3 is 0 Å². The van der Waals surface area contributed by atoms with Gasteiger partial charge in [-0.3, -0.25) is 0 Å². The number of aromatic nitrogens is 3. The fourth-order valence-electron chi connectivity index (χ4n) is 9.98. The standard InChI is InChI=1S/C54H29N5O/c1-56-42-30-49(58-45-20-10-6-17-40(45)53-48(58)27-24-39-38-16-7-11-21-51(38)60-54(39)53)33(31-55)28-50(42)59-46-26-23-34(29-41(46)52-35-13-3-2-12-32(35)22-25-47(52)59)57-43-18-8-4-14-36(43)37-15-5-9-19-44(37)57/h2-30H. The normalized spacial score (nSPS) is 12.0. The van der Waals surface area contributed by atoms with Crippen LogP contribution in [0.15, 0.2) is 180 Å². The molecule has 4 aromatic heterocycles. The van der Waals surface area contributed by atoms with Crippen molar-refractivity contribution in [3.05, 3.63) is 193 Å². The summed E-state index contributed by atoms with van der Waals surface area (Å²) in [5.74, 6) is 0. The van der Waals surface area contributed by atoms with Crippen LogP contribution in [0.3, 0.4) is 0 Å². The SMILES string of the molecule is [C-]#[N+]c1cc(-n2c3ccccc3c3c4oc5ccccc5c4ccc32)c(C#N)cc1-n1c2ccc(-n3c4ccccc4c4ccccc43)cc2c2c3ccccc3ccc21. The third-order valence-electron chi connectivity index (χ3n) is 12.5. The van der Waals surface area contributed by atoms with Gasteiger partial charge in [-0.1, -0.05) is 103 Å². The van der Waals surface area contributed by atoms with Crippen molar-refractivity contribution in [1.82, 2.24) is 13.7 Å². The molecule has 0 aliphatic rings. The minimum atomic E-state index is 0.443. The second kappa shape index (κ2) is 12.0. The van der Waals surface area contributed by atoms with Gasteiger partial charge in [0, 0.05) is 43.4 Å². The van der Waals surface area contributed by atoms with E-state index in [0.29, 0.717) is 22.6 Å². The van der Waals surface area contributed by atoms with E-state index in [-0.39, 0.29) is 0 Å². The van der Waals surface area contributed by atoms with E-state index in [4.69, 9.17) is 11.0 Å². The highest BCUT2D eigenvalue weighted by Gasteiger charge is 2.24. The van der Waals surface area contributed by atoms with Crippen LogP contribution in [0.2, 0.25) is 0 Å². The third kappa shape index (κ3) is 4.23. The summed E-state index contributed by atoms with van der Waals surface area (Å²) >= 11 is 0. The average Bonchev–Trinajstić information content (AvgIpc) is 4.04. The highest BCUT2D eigenvalue weighted by atomic mass is 16.3. The molecule has 0 N–H and O–H groups in total. The van der Waals surface area contributed by atoms with E-state index < -0.39 is 0 Å². The minimum Gasteiger partial charge on any atom is -0.455 e. The first kappa shape index (κ1) is 32.5. The highest BCUT2D eigenvalue weighted by molar-refractivity contribution is 6.25. The maximum atomic E-state index is 11.0. The molecule has 0 atom stereocenters. The lowest BCUT2D eigenvalue weighted by atomic mass is 10.0. The molecular weight excluding hydrogens is 735 g/mol. The summed E-state index contributed by atoms with van der Waals surface area (Å²) in [5, 5.41) is 22.0. The Hall–Kier alpha value is -8.58. The van der Waals surface area contributed by atoms with Crippen molar-refractivity contribution >= 4 is 104 Å². The Morgan fingerprint density at radius 2 is 1.03 bits per heavy atom. The summed E-state index contributed by atoms with van der Waals surface area (Å²) in [6.07, 6.45) is 0. The van der Waals surface area contributed by atoms with Gasteiger partial charge in [-0.15, -0.1) is 0 Å². The quantitative estimate of drug-likeness (QED) is 0.168. The molecule has 0 fully saturated rings. The van der Waals surface area contributed by atoms with Crippen LogP contribution in [0.1, 0.15) is 5.56 Å². The van der Waals surface area contributed by atoms with Crippen LogP contribution in [0.5, 0.6) is 0 Å². The molecular formula is C54H29N5O. The molecule has 0 bridgehead atoms. The Balaban J connectivity index is 1.10. The number of nitriles is 1. The van der Waals surface area contributed by atoms with E-state index in [1.54, 1.807) is 0 Å². The molecule has 0 amide bonds. The minimum absolute atomic E-state index is 0.443. The zero-order valence-corrected chi connectivity index (χ0v) is 31.9. The number of nitrogens with zero attached hydrogens (tertiary/aromatic N) is 5. The molecule has 0 radical (unpaired) electrons. The van der Waals surface area contributed by atoms with Gasteiger partial charge in [-0.25, -0.2) is 4.85 Å². The molecule has 60 heavy (non-hydrogen) atoms. The molecule has 0 saturated heterocycles. The number of fused-ring (bicyclic) bond motifs is 15. The molecule has 276 valence electrons. The predicted molar refractivity (Wildman–Crippen MR) is 245 cm³/mol. The molecule has 0 spiro atoms. The van der Waals surface area contributed by atoms with Crippen molar-refractivity contribution < 1.29 is 4.42 Å². The van der Waals surface area contributed by atoms with E-state index in [1.807, 2.05) is 42.5 Å². The van der Waals surface area contributed by atoms with Gasteiger partial charge in [-0.05, 0) is 83.6 Å². The Morgan fingerprint density at radius 1 is 0.450 bits per heavy atom. The molecule has 6 nitrogen and oxygen atoms in total. The molecule has 9 aromatic carbocycles.